The zero-order valence-corrected chi connectivity index (χ0v) is 17.2. The van der Waals surface area contributed by atoms with Crippen molar-refractivity contribution in [2.75, 3.05) is 24.2 Å². The monoisotopic (exact) mass is 400 g/mol. The number of ether oxygens (including phenoxy) is 1. The highest BCUT2D eigenvalue weighted by atomic mass is 32.2. The number of amides is 2. The third-order valence-electron chi connectivity index (χ3n) is 4.90. The van der Waals surface area contributed by atoms with Crippen LogP contribution in [-0.2, 0) is 20.7 Å². The van der Waals surface area contributed by atoms with Crippen LogP contribution >= 0.6 is 11.8 Å². The van der Waals surface area contributed by atoms with E-state index < -0.39 is 0 Å². The SMILES string of the molecule is CC1=C(C(=O)Nc2ccc(CC(=O)NCCC3=CCCCC3)cc2)SCCO1. The standard InChI is InChI=1S/C22H28N2O3S/c1-16-21(28-14-13-27-16)22(26)24-19-9-7-18(8-10-19)15-20(25)23-12-11-17-5-3-2-4-6-17/h5,7-10H,2-4,6,11-15H2,1H3,(H,23,25)(H,24,26). The maximum absolute atomic E-state index is 12.4. The molecule has 0 fully saturated rings. The average Bonchev–Trinajstić information content (AvgIpc) is 2.70. The zero-order valence-electron chi connectivity index (χ0n) is 16.4. The van der Waals surface area contributed by atoms with E-state index in [2.05, 4.69) is 16.7 Å². The highest BCUT2D eigenvalue weighted by Gasteiger charge is 2.18. The number of benzene rings is 1. The van der Waals surface area contributed by atoms with Crippen molar-refractivity contribution < 1.29 is 14.3 Å². The quantitative estimate of drug-likeness (QED) is 0.674. The molecule has 5 nitrogen and oxygen atoms in total. The summed E-state index contributed by atoms with van der Waals surface area (Å²) in [5.41, 5.74) is 3.11. The molecule has 1 aromatic rings. The Kier molecular flexibility index (Phi) is 7.60. The Bertz CT molecular complexity index is 768. The van der Waals surface area contributed by atoms with Gasteiger partial charge in [0, 0.05) is 18.0 Å². The zero-order chi connectivity index (χ0) is 19.8. The van der Waals surface area contributed by atoms with Crippen LogP contribution in [0.15, 0.2) is 46.6 Å². The summed E-state index contributed by atoms with van der Waals surface area (Å²) in [7, 11) is 0. The van der Waals surface area contributed by atoms with E-state index in [-0.39, 0.29) is 11.8 Å². The molecular weight excluding hydrogens is 372 g/mol. The second-order valence-electron chi connectivity index (χ2n) is 7.12. The van der Waals surface area contributed by atoms with Gasteiger partial charge in [-0.1, -0.05) is 23.8 Å². The Hall–Kier alpha value is -2.21. The highest BCUT2D eigenvalue weighted by Crippen LogP contribution is 2.26. The van der Waals surface area contributed by atoms with Crippen LogP contribution in [0.1, 0.15) is 44.6 Å². The number of carbonyl (C=O) groups excluding carboxylic acids is 2. The smallest absolute Gasteiger partial charge is 0.265 e. The summed E-state index contributed by atoms with van der Waals surface area (Å²) in [6, 6.07) is 7.42. The fourth-order valence-corrected chi connectivity index (χ4v) is 4.18. The van der Waals surface area contributed by atoms with Crippen molar-refractivity contribution in [3.63, 3.8) is 0 Å². The van der Waals surface area contributed by atoms with Crippen LogP contribution in [0.2, 0.25) is 0 Å². The van der Waals surface area contributed by atoms with Crippen molar-refractivity contribution in [1.82, 2.24) is 5.32 Å². The first-order valence-electron chi connectivity index (χ1n) is 9.93. The molecule has 3 rings (SSSR count). The molecule has 1 aromatic carbocycles. The second-order valence-corrected chi connectivity index (χ2v) is 8.22. The number of anilines is 1. The lowest BCUT2D eigenvalue weighted by Crippen LogP contribution is -2.26. The molecule has 0 bridgehead atoms. The van der Waals surface area contributed by atoms with Crippen LogP contribution in [0.25, 0.3) is 0 Å². The first-order chi connectivity index (χ1) is 13.6. The number of rotatable bonds is 7. The van der Waals surface area contributed by atoms with E-state index in [0.29, 0.717) is 35.9 Å². The number of allylic oxidation sites excluding steroid dienone is 2. The molecule has 2 amide bonds. The molecule has 0 aromatic heterocycles. The maximum atomic E-state index is 12.4. The minimum atomic E-state index is -0.148. The summed E-state index contributed by atoms with van der Waals surface area (Å²) < 4.78 is 5.43. The number of nitrogens with one attached hydrogen (secondary N) is 2. The summed E-state index contributed by atoms with van der Waals surface area (Å²) in [6.45, 7) is 3.15. The van der Waals surface area contributed by atoms with Gasteiger partial charge >= 0.3 is 0 Å². The average molecular weight is 401 g/mol. The van der Waals surface area contributed by atoms with Gasteiger partial charge in [-0.15, -0.1) is 11.8 Å². The predicted molar refractivity (Wildman–Crippen MR) is 114 cm³/mol. The highest BCUT2D eigenvalue weighted by molar-refractivity contribution is 8.04. The lowest BCUT2D eigenvalue weighted by atomic mass is 9.97. The van der Waals surface area contributed by atoms with Gasteiger partial charge in [0.25, 0.3) is 5.91 Å². The lowest BCUT2D eigenvalue weighted by molar-refractivity contribution is -0.120. The first-order valence-corrected chi connectivity index (χ1v) is 10.9. The van der Waals surface area contributed by atoms with Gasteiger partial charge in [-0.25, -0.2) is 0 Å². The van der Waals surface area contributed by atoms with Crippen LogP contribution in [0.4, 0.5) is 5.69 Å². The third kappa shape index (κ3) is 6.16. The molecule has 1 heterocycles. The number of hydrogen-bond donors (Lipinski definition) is 2. The van der Waals surface area contributed by atoms with Gasteiger partial charge in [0.1, 0.15) is 10.7 Å². The van der Waals surface area contributed by atoms with E-state index in [1.54, 1.807) is 0 Å². The summed E-state index contributed by atoms with van der Waals surface area (Å²) in [6.07, 6.45) is 8.52. The van der Waals surface area contributed by atoms with Gasteiger partial charge in [0.15, 0.2) is 0 Å². The number of thioether (sulfide) groups is 1. The van der Waals surface area contributed by atoms with Gasteiger partial charge in [-0.3, -0.25) is 9.59 Å². The maximum Gasteiger partial charge on any atom is 0.265 e. The van der Waals surface area contributed by atoms with E-state index >= 15 is 0 Å². The molecule has 2 aliphatic rings. The van der Waals surface area contributed by atoms with Gasteiger partial charge in [0.05, 0.1) is 13.0 Å². The fraction of sp³-hybridized carbons (Fsp3) is 0.455. The molecular formula is C22H28N2O3S. The first kappa shape index (κ1) is 20.5. The van der Waals surface area contributed by atoms with Gasteiger partial charge in [0.2, 0.25) is 5.91 Å². The van der Waals surface area contributed by atoms with E-state index in [0.717, 1.165) is 17.7 Å². The van der Waals surface area contributed by atoms with Crippen molar-refractivity contribution in [3.05, 3.63) is 52.1 Å². The number of hydrogen-bond acceptors (Lipinski definition) is 4. The summed E-state index contributed by atoms with van der Waals surface area (Å²) >= 11 is 1.51. The van der Waals surface area contributed by atoms with Gasteiger partial charge in [-0.2, -0.15) is 0 Å². The van der Waals surface area contributed by atoms with Crippen LogP contribution in [-0.4, -0.2) is 30.7 Å². The third-order valence-corrected chi connectivity index (χ3v) is 6.04. The van der Waals surface area contributed by atoms with Crippen LogP contribution in [0.5, 0.6) is 0 Å². The molecule has 28 heavy (non-hydrogen) atoms. The van der Waals surface area contributed by atoms with Crippen LogP contribution in [0.3, 0.4) is 0 Å². The topological polar surface area (TPSA) is 67.4 Å². The molecule has 1 aliphatic heterocycles. The molecule has 150 valence electrons. The normalized spacial score (nSPS) is 16.8. The minimum Gasteiger partial charge on any atom is -0.496 e. The predicted octanol–water partition coefficient (Wildman–Crippen LogP) is 4.17. The molecule has 0 radical (unpaired) electrons. The molecule has 0 spiro atoms. The van der Waals surface area contributed by atoms with Crippen molar-refractivity contribution >= 4 is 29.3 Å². The largest absolute Gasteiger partial charge is 0.496 e. The molecule has 0 saturated carbocycles. The molecule has 0 saturated heterocycles. The van der Waals surface area contributed by atoms with E-state index in [1.807, 2.05) is 31.2 Å². The van der Waals surface area contributed by atoms with Crippen LogP contribution in [0, 0.1) is 0 Å². The van der Waals surface area contributed by atoms with E-state index in [4.69, 9.17) is 4.74 Å². The molecule has 2 N–H and O–H groups in total. The minimum absolute atomic E-state index is 0.0322. The van der Waals surface area contributed by atoms with Gasteiger partial charge in [-0.05, 0) is 56.7 Å². The molecule has 0 unspecified atom stereocenters. The Balaban J connectivity index is 1.44. The fourth-order valence-electron chi connectivity index (χ4n) is 3.37. The van der Waals surface area contributed by atoms with Gasteiger partial charge < -0.3 is 15.4 Å². The Morgan fingerprint density at radius 3 is 2.71 bits per heavy atom. The second kappa shape index (κ2) is 10.4. The van der Waals surface area contributed by atoms with E-state index in [9.17, 15) is 9.59 Å². The Labute approximate surface area is 171 Å². The lowest BCUT2D eigenvalue weighted by Gasteiger charge is -2.17. The summed E-state index contributed by atoms with van der Waals surface area (Å²) in [5.74, 6) is 1.34. The molecule has 6 heteroatoms. The summed E-state index contributed by atoms with van der Waals surface area (Å²) in [5, 5.41) is 5.89. The van der Waals surface area contributed by atoms with Crippen molar-refractivity contribution in [2.45, 2.75) is 45.4 Å². The Morgan fingerprint density at radius 2 is 2.00 bits per heavy atom. The number of carbonyl (C=O) groups is 2. The van der Waals surface area contributed by atoms with Crippen molar-refractivity contribution in [3.8, 4) is 0 Å². The van der Waals surface area contributed by atoms with Crippen molar-refractivity contribution in [1.29, 1.82) is 0 Å². The summed E-state index contributed by atoms with van der Waals surface area (Å²) in [4.78, 5) is 25.1. The van der Waals surface area contributed by atoms with Crippen LogP contribution < -0.4 is 10.6 Å². The molecule has 1 aliphatic carbocycles. The molecule has 0 atom stereocenters. The van der Waals surface area contributed by atoms with E-state index in [1.165, 1.54) is 43.0 Å². The van der Waals surface area contributed by atoms with Crippen molar-refractivity contribution in [2.24, 2.45) is 0 Å². The Morgan fingerprint density at radius 1 is 1.18 bits per heavy atom.